The van der Waals surface area contributed by atoms with Crippen molar-refractivity contribution in [2.24, 2.45) is 0 Å². The van der Waals surface area contributed by atoms with Crippen LogP contribution in [0.1, 0.15) is 68.9 Å². The molecule has 0 unspecified atom stereocenters. The SMILES string of the molecule is Cc1ncnc2c1ccn2[C@@H]1O[C@H](C(=O)c2ccc(Cl)cc2CCCO[Si](C)(C)C(C)(C)C)[C@H]2OC(C)(C)O[C@H]21. The highest BCUT2D eigenvalue weighted by Gasteiger charge is 2.58. The molecule has 0 spiro atoms. The Hall–Kier alpha value is -2.14. The lowest BCUT2D eigenvalue weighted by atomic mass is 9.94. The van der Waals surface area contributed by atoms with E-state index in [1.807, 2.05) is 43.7 Å². The molecular weight excluding hydrogens is 546 g/mol. The molecular formula is C30H40ClN3O5Si. The average molecular weight is 586 g/mol. The van der Waals surface area contributed by atoms with E-state index in [9.17, 15) is 4.79 Å². The molecule has 3 aromatic rings. The maximum Gasteiger partial charge on any atom is 0.194 e. The molecule has 2 aliphatic rings. The van der Waals surface area contributed by atoms with Gasteiger partial charge in [0.2, 0.25) is 0 Å². The van der Waals surface area contributed by atoms with Crippen LogP contribution in [0.5, 0.6) is 0 Å². The van der Waals surface area contributed by atoms with Crippen molar-refractivity contribution >= 4 is 36.7 Å². The van der Waals surface area contributed by atoms with Crippen molar-refractivity contribution in [1.82, 2.24) is 14.5 Å². The molecule has 2 aliphatic heterocycles. The Morgan fingerprint density at radius 1 is 1.15 bits per heavy atom. The van der Waals surface area contributed by atoms with E-state index in [0.717, 1.165) is 28.7 Å². The van der Waals surface area contributed by atoms with Crippen LogP contribution in [0.15, 0.2) is 36.8 Å². The summed E-state index contributed by atoms with van der Waals surface area (Å²) in [6, 6.07) is 7.38. The van der Waals surface area contributed by atoms with Crippen molar-refractivity contribution < 1.29 is 23.4 Å². The highest BCUT2D eigenvalue weighted by atomic mass is 35.5. The Morgan fingerprint density at radius 3 is 2.60 bits per heavy atom. The van der Waals surface area contributed by atoms with Crippen LogP contribution in [0.4, 0.5) is 0 Å². The van der Waals surface area contributed by atoms with Gasteiger partial charge in [0.15, 0.2) is 32.2 Å². The Morgan fingerprint density at radius 2 is 1.88 bits per heavy atom. The number of carbonyl (C=O) groups excluding carboxylic acids is 1. The molecule has 4 heterocycles. The zero-order valence-corrected chi connectivity index (χ0v) is 26.4. The molecule has 0 aliphatic carbocycles. The van der Waals surface area contributed by atoms with Crippen molar-refractivity contribution in [3.8, 4) is 0 Å². The lowest BCUT2D eigenvalue weighted by Gasteiger charge is -2.36. The van der Waals surface area contributed by atoms with Crippen molar-refractivity contribution in [3.63, 3.8) is 0 Å². The Bertz CT molecular complexity index is 1420. The summed E-state index contributed by atoms with van der Waals surface area (Å²) in [5.74, 6) is -0.994. The number of benzene rings is 1. The highest BCUT2D eigenvalue weighted by Crippen LogP contribution is 2.45. The van der Waals surface area contributed by atoms with E-state index < -0.39 is 38.6 Å². The summed E-state index contributed by atoms with van der Waals surface area (Å²) in [4.78, 5) is 22.9. The summed E-state index contributed by atoms with van der Waals surface area (Å²) < 4.78 is 27.3. The highest BCUT2D eigenvalue weighted by molar-refractivity contribution is 6.74. The van der Waals surface area contributed by atoms with Gasteiger partial charge in [-0.05, 0) is 81.6 Å². The number of fused-ring (bicyclic) bond motifs is 2. The smallest absolute Gasteiger partial charge is 0.194 e. The van der Waals surface area contributed by atoms with Crippen molar-refractivity contribution in [3.05, 3.63) is 58.6 Å². The molecule has 5 rings (SSSR count). The van der Waals surface area contributed by atoms with Crippen LogP contribution in [0, 0.1) is 6.92 Å². The number of carbonyl (C=O) groups is 1. The summed E-state index contributed by atoms with van der Waals surface area (Å²) in [7, 11) is -1.85. The molecule has 8 nitrogen and oxygen atoms in total. The van der Waals surface area contributed by atoms with Gasteiger partial charge in [0.25, 0.3) is 0 Å². The first-order valence-corrected chi connectivity index (χ1v) is 17.2. The summed E-state index contributed by atoms with van der Waals surface area (Å²) in [5.41, 5.74) is 3.07. The summed E-state index contributed by atoms with van der Waals surface area (Å²) in [5, 5.41) is 1.66. The average Bonchev–Trinajstić information content (AvgIpc) is 3.52. The van der Waals surface area contributed by atoms with E-state index in [1.54, 1.807) is 12.1 Å². The number of ether oxygens (including phenoxy) is 3. The van der Waals surface area contributed by atoms with Gasteiger partial charge >= 0.3 is 0 Å². The van der Waals surface area contributed by atoms with E-state index in [0.29, 0.717) is 23.6 Å². The van der Waals surface area contributed by atoms with Gasteiger partial charge in [0.1, 0.15) is 24.2 Å². The number of hydrogen-bond donors (Lipinski definition) is 0. The largest absolute Gasteiger partial charge is 0.417 e. The van der Waals surface area contributed by atoms with Gasteiger partial charge < -0.3 is 23.2 Å². The van der Waals surface area contributed by atoms with Gasteiger partial charge in [-0.2, -0.15) is 0 Å². The van der Waals surface area contributed by atoms with Crippen LogP contribution in [0.3, 0.4) is 0 Å². The molecule has 2 saturated heterocycles. The minimum atomic E-state index is -1.85. The number of ketones is 1. The number of hydrogen-bond acceptors (Lipinski definition) is 7. The number of rotatable bonds is 8. The number of halogens is 1. The number of nitrogens with zero attached hydrogens (tertiary/aromatic N) is 3. The monoisotopic (exact) mass is 585 g/mol. The zero-order valence-electron chi connectivity index (χ0n) is 24.7. The summed E-state index contributed by atoms with van der Waals surface area (Å²) in [6.45, 7) is 17.5. The van der Waals surface area contributed by atoms with Crippen molar-refractivity contribution in [2.45, 2.75) is 103 Å². The third-order valence-electron chi connectivity index (χ3n) is 8.46. The number of aryl methyl sites for hydroxylation is 2. The predicted molar refractivity (Wildman–Crippen MR) is 157 cm³/mol. The molecule has 0 radical (unpaired) electrons. The molecule has 10 heteroatoms. The van der Waals surface area contributed by atoms with Crippen molar-refractivity contribution in [2.75, 3.05) is 6.61 Å². The molecule has 2 aromatic heterocycles. The molecule has 40 heavy (non-hydrogen) atoms. The van der Waals surface area contributed by atoms with Crippen LogP contribution < -0.4 is 0 Å². The molecule has 216 valence electrons. The molecule has 0 N–H and O–H groups in total. The van der Waals surface area contributed by atoms with Gasteiger partial charge in [-0.1, -0.05) is 32.4 Å². The maximum absolute atomic E-state index is 14.1. The Labute approximate surface area is 242 Å². The minimum absolute atomic E-state index is 0.141. The second-order valence-corrected chi connectivity index (χ2v) is 18.1. The lowest BCUT2D eigenvalue weighted by Crippen LogP contribution is -2.41. The first-order valence-electron chi connectivity index (χ1n) is 13.9. The van der Waals surface area contributed by atoms with E-state index in [-0.39, 0.29) is 10.8 Å². The molecule has 0 bridgehead atoms. The Balaban J connectivity index is 1.39. The number of aromatic nitrogens is 3. The van der Waals surface area contributed by atoms with Crippen LogP contribution in [-0.4, -0.2) is 59.3 Å². The number of Topliss-reactive ketones (excluding diaryl/α,β-unsaturated/α-hetero) is 1. The van der Waals surface area contributed by atoms with Crippen LogP contribution >= 0.6 is 11.6 Å². The first-order chi connectivity index (χ1) is 18.7. The second-order valence-electron chi connectivity index (χ2n) is 12.8. The fourth-order valence-corrected chi connectivity index (χ4v) is 6.57. The quantitative estimate of drug-likeness (QED) is 0.166. The summed E-state index contributed by atoms with van der Waals surface area (Å²) in [6.07, 6.45) is 2.42. The third-order valence-corrected chi connectivity index (χ3v) is 13.2. The molecule has 2 fully saturated rings. The normalized spacial score (nSPS) is 24.5. The van der Waals surface area contributed by atoms with Crippen LogP contribution in [0.25, 0.3) is 11.0 Å². The van der Waals surface area contributed by atoms with Gasteiger partial charge in [-0.25, -0.2) is 9.97 Å². The van der Waals surface area contributed by atoms with Crippen molar-refractivity contribution in [1.29, 1.82) is 0 Å². The molecule has 4 atom stereocenters. The third kappa shape index (κ3) is 5.52. The van der Waals surface area contributed by atoms with E-state index in [4.69, 9.17) is 30.2 Å². The fourth-order valence-electron chi connectivity index (χ4n) is 5.28. The molecule has 0 saturated carbocycles. The zero-order chi connectivity index (χ0) is 29.0. The predicted octanol–water partition coefficient (Wildman–Crippen LogP) is 6.65. The first kappa shape index (κ1) is 29.4. The van der Waals surface area contributed by atoms with E-state index in [2.05, 4.69) is 43.8 Å². The maximum atomic E-state index is 14.1. The van der Waals surface area contributed by atoms with Crippen LogP contribution in [0.2, 0.25) is 23.2 Å². The summed E-state index contributed by atoms with van der Waals surface area (Å²) >= 11 is 6.38. The van der Waals surface area contributed by atoms with E-state index in [1.165, 1.54) is 6.33 Å². The van der Waals surface area contributed by atoms with E-state index >= 15 is 0 Å². The topological polar surface area (TPSA) is 84.7 Å². The Kier molecular flexibility index (Phi) is 7.78. The standard InChI is InChI=1S/C30H40ClN3O5Si/c1-18-21-13-14-34(27(21)33-17-32-18)28-26-25(38-30(5,6)39-26)24(37-28)23(35)22-12-11-20(31)16-19(22)10-9-15-36-40(7,8)29(2,3)4/h11-14,16-17,24-26,28H,9-10,15H2,1-8H3/t24-,25-,26-,28-/m1/s1. The minimum Gasteiger partial charge on any atom is -0.417 e. The van der Waals surface area contributed by atoms with Crippen LogP contribution in [-0.2, 0) is 25.1 Å². The van der Waals surface area contributed by atoms with Gasteiger partial charge in [0, 0.05) is 28.8 Å². The van der Waals surface area contributed by atoms with Gasteiger partial charge in [0.05, 0.1) is 5.69 Å². The van der Waals surface area contributed by atoms with Gasteiger partial charge in [-0.3, -0.25) is 4.79 Å². The van der Waals surface area contributed by atoms with Gasteiger partial charge in [-0.15, -0.1) is 0 Å². The fraction of sp³-hybridized carbons (Fsp3) is 0.567. The lowest BCUT2D eigenvalue weighted by molar-refractivity contribution is -0.190. The molecule has 0 amide bonds. The second kappa shape index (κ2) is 10.6. The molecule has 1 aromatic carbocycles.